The zero-order valence-electron chi connectivity index (χ0n) is 11.4. The molecule has 0 radical (unpaired) electrons. The van der Waals surface area contributed by atoms with Crippen LogP contribution in [0, 0.1) is 5.82 Å². The van der Waals surface area contributed by atoms with Gasteiger partial charge in [0.25, 0.3) is 0 Å². The van der Waals surface area contributed by atoms with Gasteiger partial charge in [-0.15, -0.1) is 0 Å². The molecule has 1 aromatic rings. The first kappa shape index (κ1) is 14.3. The van der Waals surface area contributed by atoms with E-state index in [-0.39, 0.29) is 11.9 Å². The van der Waals surface area contributed by atoms with Gasteiger partial charge in [-0.2, -0.15) is 0 Å². The molecular formula is C15H22FNO2. The predicted molar refractivity (Wildman–Crippen MR) is 72.8 cm³/mol. The molecule has 1 saturated heterocycles. The van der Waals surface area contributed by atoms with Crippen molar-refractivity contribution in [2.45, 2.75) is 44.3 Å². The maximum Gasteiger partial charge on any atom is 0.123 e. The van der Waals surface area contributed by atoms with Crippen LogP contribution in [0.2, 0.25) is 0 Å². The van der Waals surface area contributed by atoms with E-state index in [0.29, 0.717) is 12.6 Å². The summed E-state index contributed by atoms with van der Waals surface area (Å²) in [5.41, 5.74) is 6.51. The summed E-state index contributed by atoms with van der Waals surface area (Å²) < 4.78 is 24.3. The number of methoxy groups -OCH3 is 1. The topological polar surface area (TPSA) is 44.5 Å². The van der Waals surface area contributed by atoms with Crippen molar-refractivity contribution in [3.63, 3.8) is 0 Å². The second kappa shape index (κ2) is 6.87. The Morgan fingerprint density at radius 1 is 1.37 bits per heavy atom. The Hall–Kier alpha value is -1.13. The number of rotatable bonds is 6. The standard InChI is InChI=1S/C15H22FNO2/c1-18-15-8-5-12(16)9-11(15)3-2-4-13-6-7-14(10-17)19-13/h5,8-9,13-14H,2-4,6-7,10,17H2,1H3/t13-,14-/m1/s1. The summed E-state index contributed by atoms with van der Waals surface area (Å²) in [4.78, 5) is 0. The predicted octanol–water partition coefficient (Wildman–Crippen LogP) is 2.66. The average molecular weight is 267 g/mol. The van der Waals surface area contributed by atoms with Crippen molar-refractivity contribution in [1.29, 1.82) is 0 Å². The molecule has 3 nitrogen and oxygen atoms in total. The van der Waals surface area contributed by atoms with E-state index in [0.717, 1.165) is 43.4 Å². The molecule has 1 aromatic carbocycles. The van der Waals surface area contributed by atoms with Gasteiger partial charge in [0.15, 0.2) is 0 Å². The SMILES string of the molecule is COc1ccc(F)cc1CCC[C@@H]1CC[C@H](CN)O1. The van der Waals surface area contributed by atoms with E-state index in [2.05, 4.69) is 0 Å². The molecular weight excluding hydrogens is 245 g/mol. The lowest BCUT2D eigenvalue weighted by atomic mass is 10.0. The van der Waals surface area contributed by atoms with Crippen LogP contribution in [0.1, 0.15) is 31.2 Å². The van der Waals surface area contributed by atoms with Gasteiger partial charge < -0.3 is 15.2 Å². The van der Waals surface area contributed by atoms with Crippen molar-refractivity contribution in [2.75, 3.05) is 13.7 Å². The van der Waals surface area contributed by atoms with Gasteiger partial charge >= 0.3 is 0 Å². The molecule has 0 spiro atoms. The van der Waals surface area contributed by atoms with E-state index in [1.807, 2.05) is 0 Å². The summed E-state index contributed by atoms with van der Waals surface area (Å²) >= 11 is 0. The summed E-state index contributed by atoms with van der Waals surface area (Å²) in [5.74, 6) is 0.546. The lowest BCUT2D eigenvalue weighted by Gasteiger charge is -2.13. The fourth-order valence-corrected chi connectivity index (χ4v) is 2.63. The number of ether oxygens (including phenoxy) is 2. The molecule has 1 heterocycles. The molecule has 1 aliphatic rings. The van der Waals surface area contributed by atoms with Crippen molar-refractivity contribution in [3.05, 3.63) is 29.6 Å². The zero-order chi connectivity index (χ0) is 13.7. The van der Waals surface area contributed by atoms with Gasteiger partial charge in [0.1, 0.15) is 11.6 Å². The van der Waals surface area contributed by atoms with E-state index in [1.165, 1.54) is 6.07 Å². The summed E-state index contributed by atoms with van der Waals surface area (Å²) in [6.45, 7) is 0.605. The fourth-order valence-electron chi connectivity index (χ4n) is 2.63. The third kappa shape index (κ3) is 3.91. The summed E-state index contributed by atoms with van der Waals surface area (Å²) in [6, 6.07) is 4.66. The third-order valence-corrected chi connectivity index (χ3v) is 3.67. The number of hydrogen-bond donors (Lipinski definition) is 1. The van der Waals surface area contributed by atoms with Gasteiger partial charge in [-0.3, -0.25) is 0 Å². The van der Waals surface area contributed by atoms with Crippen LogP contribution in [-0.2, 0) is 11.2 Å². The van der Waals surface area contributed by atoms with Crippen molar-refractivity contribution in [2.24, 2.45) is 5.73 Å². The van der Waals surface area contributed by atoms with Gasteiger partial charge in [-0.1, -0.05) is 0 Å². The van der Waals surface area contributed by atoms with Crippen molar-refractivity contribution < 1.29 is 13.9 Å². The Kier molecular flexibility index (Phi) is 5.16. The molecule has 106 valence electrons. The second-order valence-electron chi connectivity index (χ2n) is 5.04. The molecule has 0 unspecified atom stereocenters. The van der Waals surface area contributed by atoms with Crippen molar-refractivity contribution in [1.82, 2.24) is 0 Å². The Morgan fingerprint density at radius 2 is 2.16 bits per heavy atom. The number of hydrogen-bond acceptors (Lipinski definition) is 3. The Morgan fingerprint density at radius 3 is 2.84 bits per heavy atom. The number of benzene rings is 1. The van der Waals surface area contributed by atoms with E-state index >= 15 is 0 Å². The quantitative estimate of drug-likeness (QED) is 0.861. The molecule has 0 aromatic heterocycles. The molecule has 0 bridgehead atoms. The maximum absolute atomic E-state index is 13.2. The molecule has 0 amide bonds. The first-order chi connectivity index (χ1) is 9.22. The highest BCUT2D eigenvalue weighted by molar-refractivity contribution is 5.33. The Balaban J connectivity index is 1.81. The lowest BCUT2D eigenvalue weighted by Crippen LogP contribution is -2.20. The monoisotopic (exact) mass is 267 g/mol. The van der Waals surface area contributed by atoms with Gasteiger partial charge in [0, 0.05) is 6.54 Å². The molecule has 1 fully saturated rings. The molecule has 2 N–H and O–H groups in total. The van der Waals surface area contributed by atoms with Gasteiger partial charge in [0.05, 0.1) is 19.3 Å². The molecule has 19 heavy (non-hydrogen) atoms. The van der Waals surface area contributed by atoms with Crippen LogP contribution in [0.25, 0.3) is 0 Å². The van der Waals surface area contributed by atoms with Crippen LogP contribution >= 0.6 is 0 Å². The first-order valence-corrected chi connectivity index (χ1v) is 6.91. The van der Waals surface area contributed by atoms with Crippen LogP contribution in [-0.4, -0.2) is 25.9 Å². The molecule has 2 rings (SSSR count). The first-order valence-electron chi connectivity index (χ1n) is 6.91. The van der Waals surface area contributed by atoms with Crippen molar-refractivity contribution in [3.8, 4) is 5.75 Å². The van der Waals surface area contributed by atoms with Gasteiger partial charge in [-0.05, 0) is 55.9 Å². The van der Waals surface area contributed by atoms with Crippen LogP contribution in [0.5, 0.6) is 5.75 Å². The Labute approximate surface area is 113 Å². The summed E-state index contributed by atoms with van der Waals surface area (Å²) in [6.07, 6.45) is 5.47. The number of aryl methyl sites for hydroxylation is 1. The van der Waals surface area contributed by atoms with Gasteiger partial charge in [-0.25, -0.2) is 4.39 Å². The molecule has 4 heteroatoms. The average Bonchev–Trinajstić information content (AvgIpc) is 2.87. The van der Waals surface area contributed by atoms with Crippen molar-refractivity contribution >= 4 is 0 Å². The van der Waals surface area contributed by atoms with E-state index in [9.17, 15) is 4.39 Å². The number of halogens is 1. The molecule has 2 atom stereocenters. The summed E-state index contributed by atoms with van der Waals surface area (Å²) in [5, 5.41) is 0. The maximum atomic E-state index is 13.2. The van der Waals surface area contributed by atoms with Crippen LogP contribution < -0.4 is 10.5 Å². The van der Waals surface area contributed by atoms with Crippen LogP contribution in [0.3, 0.4) is 0 Å². The minimum absolute atomic E-state index is 0.212. The van der Waals surface area contributed by atoms with Crippen LogP contribution in [0.4, 0.5) is 4.39 Å². The van der Waals surface area contributed by atoms with E-state index in [1.54, 1.807) is 19.2 Å². The zero-order valence-corrected chi connectivity index (χ0v) is 11.4. The molecule has 0 aliphatic carbocycles. The fraction of sp³-hybridized carbons (Fsp3) is 0.600. The largest absolute Gasteiger partial charge is 0.496 e. The lowest BCUT2D eigenvalue weighted by molar-refractivity contribution is 0.0445. The highest BCUT2D eigenvalue weighted by Gasteiger charge is 2.23. The van der Waals surface area contributed by atoms with E-state index in [4.69, 9.17) is 15.2 Å². The smallest absolute Gasteiger partial charge is 0.123 e. The minimum atomic E-state index is -0.212. The third-order valence-electron chi connectivity index (χ3n) is 3.67. The highest BCUT2D eigenvalue weighted by Crippen LogP contribution is 2.25. The second-order valence-corrected chi connectivity index (χ2v) is 5.04. The van der Waals surface area contributed by atoms with Crippen LogP contribution in [0.15, 0.2) is 18.2 Å². The molecule has 1 aliphatic heterocycles. The summed E-state index contributed by atoms with van der Waals surface area (Å²) in [7, 11) is 1.61. The van der Waals surface area contributed by atoms with Gasteiger partial charge in [0.2, 0.25) is 0 Å². The number of nitrogens with two attached hydrogens (primary N) is 1. The van der Waals surface area contributed by atoms with E-state index < -0.39 is 0 Å². The highest BCUT2D eigenvalue weighted by atomic mass is 19.1. The Bertz CT molecular complexity index is 411. The minimum Gasteiger partial charge on any atom is -0.496 e. The normalized spacial score (nSPS) is 22.7. The molecule has 0 saturated carbocycles.